The lowest BCUT2D eigenvalue weighted by Gasteiger charge is -2.31. The molecule has 5 heteroatoms. The fourth-order valence-corrected chi connectivity index (χ4v) is 3.47. The molecule has 0 aliphatic heterocycles. The molecule has 0 bridgehead atoms. The maximum atomic E-state index is 12.1. The Morgan fingerprint density at radius 2 is 2.00 bits per heavy atom. The van der Waals surface area contributed by atoms with Gasteiger partial charge in [-0.1, -0.05) is 12.8 Å². The number of rotatable bonds is 5. The van der Waals surface area contributed by atoms with Gasteiger partial charge in [0, 0.05) is 18.3 Å². The van der Waals surface area contributed by atoms with Gasteiger partial charge in [0.2, 0.25) is 0 Å². The average Bonchev–Trinajstić information content (AvgIpc) is 2.44. The van der Waals surface area contributed by atoms with E-state index in [0.29, 0.717) is 17.7 Å². The molecule has 118 valence electrons. The lowest BCUT2D eigenvalue weighted by Crippen LogP contribution is -2.35. The number of aliphatic hydroxyl groups excluding tert-OH is 1. The van der Waals surface area contributed by atoms with Gasteiger partial charge in [-0.25, -0.2) is 4.98 Å². The average molecular weight is 293 g/mol. The first-order valence-corrected chi connectivity index (χ1v) is 7.94. The molecule has 5 nitrogen and oxygen atoms in total. The van der Waals surface area contributed by atoms with E-state index in [1.54, 1.807) is 6.92 Å². The molecular weight excluding hydrogens is 266 g/mol. The minimum absolute atomic E-state index is 0.0249. The molecule has 1 aromatic rings. The van der Waals surface area contributed by atoms with E-state index in [4.69, 9.17) is 0 Å². The molecular formula is C16H27N3O2. The SMILES string of the molecule is Cc1nc(C)c(C(C)NCC2CCCCC2CO)c(=O)[nH]1. The van der Waals surface area contributed by atoms with Gasteiger partial charge in [0.05, 0.1) is 5.56 Å². The third kappa shape index (κ3) is 3.92. The van der Waals surface area contributed by atoms with Crippen molar-refractivity contribution >= 4 is 0 Å². The third-order valence-corrected chi connectivity index (χ3v) is 4.68. The highest BCUT2D eigenvalue weighted by Gasteiger charge is 2.25. The minimum Gasteiger partial charge on any atom is -0.396 e. The molecule has 1 aromatic heterocycles. The summed E-state index contributed by atoms with van der Waals surface area (Å²) >= 11 is 0. The van der Waals surface area contributed by atoms with E-state index in [1.165, 1.54) is 12.8 Å². The van der Waals surface area contributed by atoms with Crippen LogP contribution in [0.3, 0.4) is 0 Å². The van der Waals surface area contributed by atoms with Crippen molar-refractivity contribution in [3.05, 3.63) is 27.4 Å². The lowest BCUT2D eigenvalue weighted by molar-refractivity contribution is 0.131. The summed E-state index contributed by atoms with van der Waals surface area (Å²) in [5.41, 5.74) is 1.46. The van der Waals surface area contributed by atoms with Crippen molar-refractivity contribution in [2.45, 2.75) is 52.5 Å². The molecule has 2 rings (SSSR count). The summed E-state index contributed by atoms with van der Waals surface area (Å²) in [5, 5.41) is 12.9. The highest BCUT2D eigenvalue weighted by molar-refractivity contribution is 5.20. The predicted molar refractivity (Wildman–Crippen MR) is 83.3 cm³/mol. The molecule has 3 atom stereocenters. The highest BCUT2D eigenvalue weighted by atomic mass is 16.3. The summed E-state index contributed by atoms with van der Waals surface area (Å²) in [6.07, 6.45) is 4.73. The van der Waals surface area contributed by atoms with Crippen LogP contribution in [0.25, 0.3) is 0 Å². The lowest BCUT2D eigenvalue weighted by atomic mass is 9.79. The number of nitrogens with zero attached hydrogens (tertiary/aromatic N) is 1. The number of aryl methyl sites for hydroxylation is 2. The Labute approximate surface area is 126 Å². The number of aliphatic hydroxyl groups is 1. The second-order valence-corrected chi connectivity index (χ2v) is 6.27. The van der Waals surface area contributed by atoms with Crippen LogP contribution in [0.1, 0.15) is 55.7 Å². The fourth-order valence-electron chi connectivity index (χ4n) is 3.47. The standard InChI is InChI=1S/C16H27N3O2/c1-10(15-11(2)18-12(3)19-16(15)21)17-8-13-6-4-5-7-14(13)9-20/h10,13-14,17,20H,4-9H2,1-3H3,(H,18,19,21). The Balaban J connectivity index is 2.01. The predicted octanol–water partition coefficient (Wildman–Crippen LogP) is 1.84. The molecule has 21 heavy (non-hydrogen) atoms. The Hall–Kier alpha value is -1.20. The van der Waals surface area contributed by atoms with E-state index < -0.39 is 0 Å². The van der Waals surface area contributed by atoms with Gasteiger partial charge in [0.1, 0.15) is 5.82 Å². The van der Waals surface area contributed by atoms with Crippen molar-refractivity contribution in [2.24, 2.45) is 11.8 Å². The number of aromatic amines is 1. The zero-order valence-electron chi connectivity index (χ0n) is 13.3. The molecule has 0 aromatic carbocycles. The number of hydrogen-bond acceptors (Lipinski definition) is 4. The maximum absolute atomic E-state index is 12.1. The van der Waals surface area contributed by atoms with Crippen molar-refractivity contribution in [3.63, 3.8) is 0 Å². The second-order valence-electron chi connectivity index (χ2n) is 6.27. The quantitative estimate of drug-likeness (QED) is 0.774. The van der Waals surface area contributed by atoms with E-state index in [2.05, 4.69) is 15.3 Å². The van der Waals surface area contributed by atoms with Crippen LogP contribution in [0.4, 0.5) is 0 Å². The first-order chi connectivity index (χ1) is 10.0. The monoisotopic (exact) mass is 293 g/mol. The number of H-pyrrole nitrogens is 1. The molecule has 3 N–H and O–H groups in total. The maximum Gasteiger partial charge on any atom is 0.255 e. The zero-order valence-corrected chi connectivity index (χ0v) is 13.3. The number of nitrogens with one attached hydrogen (secondary N) is 2. The summed E-state index contributed by atoms with van der Waals surface area (Å²) in [5.74, 6) is 1.55. The third-order valence-electron chi connectivity index (χ3n) is 4.68. The van der Waals surface area contributed by atoms with Crippen molar-refractivity contribution in [1.29, 1.82) is 0 Å². The Kier molecular flexibility index (Phi) is 5.53. The van der Waals surface area contributed by atoms with Gasteiger partial charge < -0.3 is 15.4 Å². The van der Waals surface area contributed by atoms with E-state index in [9.17, 15) is 9.90 Å². The molecule has 0 radical (unpaired) electrons. The first kappa shape index (κ1) is 16.2. The van der Waals surface area contributed by atoms with Crippen molar-refractivity contribution in [1.82, 2.24) is 15.3 Å². The Morgan fingerprint density at radius 3 is 2.62 bits per heavy atom. The van der Waals surface area contributed by atoms with E-state index in [0.717, 1.165) is 30.6 Å². The van der Waals surface area contributed by atoms with Gasteiger partial charge in [-0.2, -0.15) is 0 Å². The van der Waals surface area contributed by atoms with Gasteiger partial charge in [-0.3, -0.25) is 4.79 Å². The summed E-state index contributed by atoms with van der Waals surface area (Å²) < 4.78 is 0. The molecule has 1 saturated carbocycles. The minimum atomic E-state index is -0.0534. The van der Waals surface area contributed by atoms with Crippen LogP contribution in [-0.2, 0) is 0 Å². The largest absolute Gasteiger partial charge is 0.396 e. The van der Waals surface area contributed by atoms with Gasteiger partial charge >= 0.3 is 0 Å². The van der Waals surface area contributed by atoms with Crippen LogP contribution in [0, 0.1) is 25.7 Å². The summed E-state index contributed by atoms with van der Waals surface area (Å²) in [4.78, 5) is 19.2. The van der Waals surface area contributed by atoms with Crippen molar-refractivity contribution in [2.75, 3.05) is 13.2 Å². The van der Waals surface area contributed by atoms with Gasteiger partial charge in [0.15, 0.2) is 0 Å². The Morgan fingerprint density at radius 1 is 1.33 bits per heavy atom. The summed E-state index contributed by atoms with van der Waals surface area (Å²) in [7, 11) is 0. The molecule has 0 saturated heterocycles. The molecule has 1 aliphatic carbocycles. The normalized spacial score (nSPS) is 24.0. The number of aromatic nitrogens is 2. The van der Waals surface area contributed by atoms with Crippen LogP contribution in [0.2, 0.25) is 0 Å². The van der Waals surface area contributed by atoms with Crippen LogP contribution >= 0.6 is 0 Å². The summed E-state index contributed by atoms with van der Waals surface area (Å²) in [6, 6.07) is -0.0249. The van der Waals surface area contributed by atoms with Crippen molar-refractivity contribution in [3.8, 4) is 0 Å². The molecule has 1 aliphatic rings. The molecule has 3 unspecified atom stereocenters. The van der Waals surface area contributed by atoms with E-state index in [1.807, 2.05) is 13.8 Å². The van der Waals surface area contributed by atoms with E-state index >= 15 is 0 Å². The van der Waals surface area contributed by atoms with Crippen LogP contribution in [-0.4, -0.2) is 28.2 Å². The first-order valence-electron chi connectivity index (χ1n) is 7.94. The highest BCUT2D eigenvalue weighted by Crippen LogP contribution is 2.29. The smallest absolute Gasteiger partial charge is 0.255 e. The van der Waals surface area contributed by atoms with Gasteiger partial charge in [-0.15, -0.1) is 0 Å². The van der Waals surface area contributed by atoms with Crippen LogP contribution in [0.5, 0.6) is 0 Å². The van der Waals surface area contributed by atoms with Crippen LogP contribution < -0.4 is 10.9 Å². The van der Waals surface area contributed by atoms with Crippen LogP contribution in [0.15, 0.2) is 4.79 Å². The van der Waals surface area contributed by atoms with Crippen molar-refractivity contribution < 1.29 is 5.11 Å². The summed E-state index contributed by atoms with van der Waals surface area (Å²) in [6.45, 7) is 6.80. The second kappa shape index (κ2) is 7.18. The number of hydrogen-bond donors (Lipinski definition) is 3. The van der Waals surface area contributed by atoms with Gasteiger partial charge in [-0.05, 0) is 52.0 Å². The van der Waals surface area contributed by atoms with Gasteiger partial charge in [0.25, 0.3) is 5.56 Å². The molecule has 1 heterocycles. The molecule has 0 amide bonds. The molecule has 1 fully saturated rings. The molecule has 0 spiro atoms. The van der Waals surface area contributed by atoms with E-state index in [-0.39, 0.29) is 18.2 Å². The zero-order chi connectivity index (χ0) is 15.4. The Bertz CT molecular complexity index is 527. The fraction of sp³-hybridized carbons (Fsp3) is 0.750. The topological polar surface area (TPSA) is 78.0 Å².